The molecule has 1 saturated carbocycles. The van der Waals surface area contributed by atoms with Crippen molar-refractivity contribution < 1.29 is 4.79 Å². The molecular weight excluding hydrogens is 310 g/mol. The number of rotatable bonds is 4. The standard InChI is InChI=1S/C16H15N5OS/c22-14(21-16-20-12-5-2-7-18-15(12)23-16)10-6-8-17-13(9-10)19-11-3-1-4-11/h2,5-9,11H,1,3-4H2,(H,17,19)(H,20,21,22). The minimum absolute atomic E-state index is 0.192. The number of pyridine rings is 2. The minimum atomic E-state index is -0.192. The highest BCUT2D eigenvalue weighted by Gasteiger charge is 2.18. The maximum Gasteiger partial charge on any atom is 0.257 e. The molecule has 0 aliphatic heterocycles. The van der Waals surface area contributed by atoms with E-state index in [-0.39, 0.29) is 5.91 Å². The summed E-state index contributed by atoms with van der Waals surface area (Å²) in [6.07, 6.45) is 6.94. The predicted octanol–water partition coefficient (Wildman–Crippen LogP) is 3.30. The maximum atomic E-state index is 12.4. The molecule has 0 atom stereocenters. The smallest absolute Gasteiger partial charge is 0.257 e. The summed E-state index contributed by atoms with van der Waals surface area (Å²) in [4.78, 5) is 26.1. The van der Waals surface area contributed by atoms with E-state index >= 15 is 0 Å². The van der Waals surface area contributed by atoms with Crippen LogP contribution < -0.4 is 10.6 Å². The first-order valence-electron chi connectivity index (χ1n) is 7.53. The molecule has 1 aliphatic carbocycles. The van der Waals surface area contributed by atoms with Crippen LogP contribution in [0, 0.1) is 0 Å². The van der Waals surface area contributed by atoms with E-state index in [0.717, 1.165) is 29.0 Å². The SMILES string of the molecule is O=C(Nc1nc2cccnc2s1)c1ccnc(NC2CCC2)c1. The number of aromatic nitrogens is 3. The molecule has 4 rings (SSSR count). The second-order valence-corrected chi connectivity index (χ2v) is 6.48. The highest BCUT2D eigenvalue weighted by atomic mass is 32.1. The third-order valence-electron chi connectivity index (χ3n) is 3.87. The third-order valence-corrected chi connectivity index (χ3v) is 4.76. The van der Waals surface area contributed by atoms with Gasteiger partial charge in [0.25, 0.3) is 5.91 Å². The van der Waals surface area contributed by atoms with Crippen LogP contribution in [0.15, 0.2) is 36.7 Å². The molecule has 3 aromatic heterocycles. The molecule has 3 heterocycles. The van der Waals surface area contributed by atoms with Crippen LogP contribution in [0.5, 0.6) is 0 Å². The van der Waals surface area contributed by atoms with Crippen LogP contribution in [0.4, 0.5) is 10.9 Å². The number of nitrogens with zero attached hydrogens (tertiary/aromatic N) is 3. The molecule has 2 N–H and O–H groups in total. The van der Waals surface area contributed by atoms with E-state index < -0.39 is 0 Å². The van der Waals surface area contributed by atoms with Gasteiger partial charge in [0.05, 0.1) is 0 Å². The van der Waals surface area contributed by atoms with E-state index in [1.54, 1.807) is 24.5 Å². The molecule has 0 bridgehead atoms. The van der Waals surface area contributed by atoms with Crippen molar-refractivity contribution in [2.45, 2.75) is 25.3 Å². The molecule has 0 spiro atoms. The molecule has 1 fully saturated rings. The summed E-state index contributed by atoms with van der Waals surface area (Å²) in [5, 5.41) is 6.72. The van der Waals surface area contributed by atoms with E-state index in [4.69, 9.17) is 0 Å². The lowest BCUT2D eigenvalue weighted by atomic mass is 9.93. The number of amides is 1. The van der Waals surface area contributed by atoms with Crippen molar-refractivity contribution >= 4 is 38.5 Å². The molecule has 1 amide bonds. The molecule has 1 aliphatic rings. The molecule has 3 aromatic rings. The molecule has 0 unspecified atom stereocenters. The summed E-state index contributed by atoms with van der Waals surface area (Å²) in [5.41, 5.74) is 1.35. The number of hydrogen-bond acceptors (Lipinski definition) is 6. The van der Waals surface area contributed by atoms with Gasteiger partial charge >= 0.3 is 0 Å². The first-order valence-corrected chi connectivity index (χ1v) is 8.35. The predicted molar refractivity (Wildman–Crippen MR) is 90.9 cm³/mol. The second kappa shape index (κ2) is 5.92. The van der Waals surface area contributed by atoms with Gasteiger partial charge in [-0.15, -0.1) is 0 Å². The highest BCUT2D eigenvalue weighted by Crippen LogP contribution is 2.25. The van der Waals surface area contributed by atoms with Gasteiger partial charge in [0.2, 0.25) is 0 Å². The topological polar surface area (TPSA) is 79.8 Å². The van der Waals surface area contributed by atoms with Crippen LogP contribution in [0.2, 0.25) is 0 Å². The average molecular weight is 325 g/mol. The van der Waals surface area contributed by atoms with Crippen molar-refractivity contribution in [2.24, 2.45) is 0 Å². The van der Waals surface area contributed by atoms with Gasteiger partial charge < -0.3 is 5.32 Å². The number of thiazole rings is 1. The van der Waals surface area contributed by atoms with Crippen LogP contribution in [0.3, 0.4) is 0 Å². The quantitative estimate of drug-likeness (QED) is 0.769. The fourth-order valence-electron chi connectivity index (χ4n) is 2.41. The van der Waals surface area contributed by atoms with Crippen LogP contribution >= 0.6 is 11.3 Å². The molecule has 0 saturated heterocycles. The van der Waals surface area contributed by atoms with Crippen molar-refractivity contribution in [3.63, 3.8) is 0 Å². The molecule has 116 valence electrons. The highest BCUT2D eigenvalue weighted by molar-refractivity contribution is 7.21. The summed E-state index contributed by atoms with van der Waals surface area (Å²) in [7, 11) is 0. The Balaban J connectivity index is 1.50. The third kappa shape index (κ3) is 3.00. The number of carbonyl (C=O) groups excluding carboxylic acids is 1. The lowest BCUT2D eigenvalue weighted by Crippen LogP contribution is -2.27. The van der Waals surface area contributed by atoms with Gasteiger partial charge in [0.1, 0.15) is 16.2 Å². The first kappa shape index (κ1) is 14.1. The minimum Gasteiger partial charge on any atom is -0.367 e. The molecular formula is C16H15N5OS. The van der Waals surface area contributed by atoms with Gasteiger partial charge in [-0.25, -0.2) is 15.0 Å². The Morgan fingerprint density at radius 1 is 1.22 bits per heavy atom. The monoisotopic (exact) mass is 325 g/mol. The molecule has 23 heavy (non-hydrogen) atoms. The summed E-state index contributed by atoms with van der Waals surface area (Å²) >= 11 is 1.36. The number of carbonyl (C=O) groups is 1. The Morgan fingerprint density at radius 2 is 2.13 bits per heavy atom. The number of hydrogen-bond donors (Lipinski definition) is 2. The Kier molecular flexibility index (Phi) is 3.63. The fraction of sp³-hybridized carbons (Fsp3) is 0.250. The van der Waals surface area contributed by atoms with Crippen LogP contribution in [-0.4, -0.2) is 26.9 Å². The maximum absolute atomic E-state index is 12.4. The summed E-state index contributed by atoms with van der Waals surface area (Å²) in [6, 6.07) is 7.67. The summed E-state index contributed by atoms with van der Waals surface area (Å²) in [5.74, 6) is 0.552. The zero-order valence-electron chi connectivity index (χ0n) is 12.3. The molecule has 0 aromatic carbocycles. The molecule has 6 nitrogen and oxygen atoms in total. The van der Waals surface area contributed by atoms with Crippen molar-refractivity contribution in [1.29, 1.82) is 0 Å². The van der Waals surface area contributed by atoms with E-state index in [9.17, 15) is 4.79 Å². The lowest BCUT2D eigenvalue weighted by molar-refractivity contribution is 0.102. The second-order valence-electron chi connectivity index (χ2n) is 5.50. The zero-order valence-corrected chi connectivity index (χ0v) is 13.1. The number of anilines is 2. The van der Waals surface area contributed by atoms with Gasteiger partial charge in [-0.3, -0.25) is 10.1 Å². The van der Waals surface area contributed by atoms with Crippen LogP contribution in [-0.2, 0) is 0 Å². The lowest BCUT2D eigenvalue weighted by Gasteiger charge is -2.26. The Hall–Kier alpha value is -2.54. The summed E-state index contributed by atoms with van der Waals surface area (Å²) in [6.45, 7) is 0. The van der Waals surface area contributed by atoms with Gasteiger partial charge in [-0.1, -0.05) is 11.3 Å². The Morgan fingerprint density at radius 3 is 2.91 bits per heavy atom. The van der Waals surface area contributed by atoms with Gasteiger partial charge in [-0.05, 0) is 43.5 Å². The largest absolute Gasteiger partial charge is 0.367 e. The van der Waals surface area contributed by atoms with Gasteiger partial charge in [0, 0.05) is 24.0 Å². The average Bonchev–Trinajstić information content (AvgIpc) is 2.93. The van der Waals surface area contributed by atoms with E-state index in [1.807, 2.05) is 12.1 Å². The Bertz CT molecular complexity index is 825. The normalized spacial score (nSPS) is 14.4. The van der Waals surface area contributed by atoms with E-state index in [2.05, 4.69) is 25.6 Å². The van der Waals surface area contributed by atoms with Crippen LogP contribution in [0.1, 0.15) is 29.6 Å². The first-order chi connectivity index (χ1) is 11.3. The van der Waals surface area contributed by atoms with E-state index in [0.29, 0.717) is 16.7 Å². The van der Waals surface area contributed by atoms with Crippen molar-refractivity contribution in [3.8, 4) is 0 Å². The fourth-order valence-corrected chi connectivity index (χ4v) is 3.21. The van der Waals surface area contributed by atoms with Crippen molar-refractivity contribution in [3.05, 3.63) is 42.2 Å². The molecule has 7 heteroatoms. The number of fused-ring (bicyclic) bond motifs is 1. The van der Waals surface area contributed by atoms with E-state index in [1.165, 1.54) is 17.8 Å². The van der Waals surface area contributed by atoms with Crippen molar-refractivity contribution in [2.75, 3.05) is 10.6 Å². The van der Waals surface area contributed by atoms with Crippen LogP contribution in [0.25, 0.3) is 10.3 Å². The number of nitrogens with one attached hydrogen (secondary N) is 2. The Labute approximate surface area is 137 Å². The van der Waals surface area contributed by atoms with Crippen molar-refractivity contribution in [1.82, 2.24) is 15.0 Å². The van der Waals surface area contributed by atoms with Gasteiger partial charge in [0.15, 0.2) is 5.13 Å². The van der Waals surface area contributed by atoms with Gasteiger partial charge in [-0.2, -0.15) is 0 Å². The molecule has 0 radical (unpaired) electrons. The summed E-state index contributed by atoms with van der Waals surface area (Å²) < 4.78 is 0. The zero-order chi connectivity index (χ0) is 15.6.